The van der Waals surface area contributed by atoms with E-state index in [9.17, 15) is 8.42 Å². The van der Waals surface area contributed by atoms with Crippen molar-refractivity contribution in [3.63, 3.8) is 0 Å². The lowest BCUT2D eigenvalue weighted by atomic mass is 10.6. The summed E-state index contributed by atoms with van der Waals surface area (Å²) in [7, 11) is -1.98. The number of likely N-dealkylation sites (N-methyl/N-ethyl adjacent to an activating group) is 1. The van der Waals surface area contributed by atoms with E-state index in [1.807, 2.05) is 6.92 Å². The number of thiophene rings is 1. The molecule has 0 saturated carbocycles. The Balaban J connectivity index is 2.64. The van der Waals surface area contributed by atoms with Crippen LogP contribution in [-0.4, -0.2) is 35.2 Å². The topological polar surface area (TPSA) is 67.4 Å². The van der Waals surface area contributed by atoms with E-state index in [1.165, 1.54) is 7.11 Å². The first-order valence-corrected chi connectivity index (χ1v) is 7.30. The summed E-state index contributed by atoms with van der Waals surface area (Å²) in [5.41, 5.74) is 0. The molecule has 1 heterocycles. The van der Waals surface area contributed by atoms with Gasteiger partial charge in [-0.15, -0.1) is 11.3 Å². The number of sulfonamides is 1. The van der Waals surface area contributed by atoms with Crippen molar-refractivity contribution >= 4 is 21.4 Å². The Labute approximate surface area is 99.9 Å². The number of nitrogens with one attached hydrogen (secondary N) is 2. The van der Waals surface area contributed by atoms with Crippen molar-refractivity contribution in [3.05, 3.63) is 11.4 Å². The number of rotatable bonds is 7. The van der Waals surface area contributed by atoms with E-state index in [0.29, 0.717) is 18.8 Å². The number of hydrogen-bond donors (Lipinski definition) is 2. The van der Waals surface area contributed by atoms with Crippen molar-refractivity contribution in [1.29, 1.82) is 0 Å². The number of hydrogen-bond acceptors (Lipinski definition) is 5. The molecule has 16 heavy (non-hydrogen) atoms. The van der Waals surface area contributed by atoms with Gasteiger partial charge in [0.2, 0.25) is 0 Å². The lowest BCUT2D eigenvalue weighted by Crippen LogP contribution is -2.31. The van der Waals surface area contributed by atoms with Crippen LogP contribution in [0.4, 0.5) is 0 Å². The molecule has 0 aromatic carbocycles. The van der Waals surface area contributed by atoms with Gasteiger partial charge in [-0.25, -0.2) is 13.1 Å². The summed E-state index contributed by atoms with van der Waals surface area (Å²) in [6.45, 7) is 3.78. The van der Waals surface area contributed by atoms with Crippen LogP contribution in [0.25, 0.3) is 0 Å². The van der Waals surface area contributed by atoms with Crippen LogP contribution in [0.2, 0.25) is 0 Å². The Kier molecular flexibility index (Phi) is 5.20. The molecule has 0 atom stereocenters. The molecule has 0 aliphatic carbocycles. The van der Waals surface area contributed by atoms with E-state index < -0.39 is 10.0 Å². The van der Waals surface area contributed by atoms with Crippen molar-refractivity contribution in [2.75, 3.05) is 26.7 Å². The van der Waals surface area contributed by atoms with E-state index in [4.69, 9.17) is 4.74 Å². The third-order valence-corrected chi connectivity index (χ3v) is 4.81. The van der Waals surface area contributed by atoms with Gasteiger partial charge in [-0.2, -0.15) is 0 Å². The molecule has 5 nitrogen and oxygen atoms in total. The molecule has 0 amide bonds. The number of ether oxygens (including phenoxy) is 1. The van der Waals surface area contributed by atoms with Crippen LogP contribution in [0.1, 0.15) is 6.92 Å². The molecule has 1 rings (SSSR count). The van der Waals surface area contributed by atoms with Crippen LogP contribution in [0.15, 0.2) is 15.7 Å². The molecule has 2 N–H and O–H groups in total. The van der Waals surface area contributed by atoms with Gasteiger partial charge in [-0.3, -0.25) is 0 Å². The van der Waals surface area contributed by atoms with Crippen molar-refractivity contribution in [2.24, 2.45) is 0 Å². The Bertz CT molecular complexity index is 414. The maximum Gasteiger partial charge on any atom is 0.253 e. The highest BCUT2D eigenvalue weighted by Gasteiger charge is 2.20. The highest BCUT2D eigenvalue weighted by Crippen LogP contribution is 2.28. The van der Waals surface area contributed by atoms with E-state index >= 15 is 0 Å². The largest absolute Gasteiger partial charge is 0.494 e. The second kappa shape index (κ2) is 6.19. The third-order valence-electron chi connectivity index (χ3n) is 1.90. The van der Waals surface area contributed by atoms with Crippen LogP contribution in [0.5, 0.6) is 5.75 Å². The minimum Gasteiger partial charge on any atom is -0.494 e. The van der Waals surface area contributed by atoms with Crippen LogP contribution < -0.4 is 14.8 Å². The fraction of sp³-hybridized carbons (Fsp3) is 0.556. The Morgan fingerprint density at radius 3 is 2.81 bits per heavy atom. The molecule has 0 saturated heterocycles. The SMILES string of the molecule is CCNCCNS(=O)(=O)c1sccc1OC. The summed E-state index contributed by atoms with van der Waals surface area (Å²) in [6, 6.07) is 1.64. The molecule has 0 aliphatic heterocycles. The molecule has 1 aromatic heterocycles. The van der Waals surface area contributed by atoms with E-state index in [1.54, 1.807) is 11.4 Å². The lowest BCUT2D eigenvalue weighted by molar-refractivity contribution is 0.406. The van der Waals surface area contributed by atoms with Crippen molar-refractivity contribution in [3.8, 4) is 5.75 Å². The van der Waals surface area contributed by atoms with Gasteiger partial charge >= 0.3 is 0 Å². The van der Waals surface area contributed by atoms with Gasteiger partial charge in [-0.1, -0.05) is 6.92 Å². The van der Waals surface area contributed by atoms with Gasteiger partial charge in [-0.05, 0) is 18.0 Å². The Morgan fingerprint density at radius 2 is 2.19 bits per heavy atom. The van der Waals surface area contributed by atoms with E-state index in [2.05, 4.69) is 10.0 Å². The molecular weight excluding hydrogens is 248 g/mol. The molecule has 1 aromatic rings. The second-order valence-electron chi connectivity index (χ2n) is 3.03. The van der Waals surface area contributed by atoms with Gasteiger partial charge < -0.3 is 10.1 Å². The predicted molar refractivity (Wildman–Crippen MR) is 64.6 cm³/mol. The first-order chi connectivity index (χ1) is 7.61. The summed E-state index contributed by atoms with van der Waals surface area (Å²) in [4.78, 5) is 0. The fourth-order valence-electron chi connectivity index (χ4n) is 1.15. The van der Waals surface area contributed by atoms with Gasteiger partial charge in [0.1, 0.15) is 5.75 Å². The monoisotopic (exact) mass is 264 g/mol. The second-order valence-corrected chi connectivity index (χ2v) is 5.91. The Hall–Kier alpha value is -0.630. The lowest BCUT2D eigenvalue weighted by Gasteiger charge is -2.06. The van der Waals surface area contributed by atoms with E-state index in [-0.39, 0.29) is 4.21 Å². The zero-order valence-electron chi connectivity index (χ0n) is 9.32. The highest BCUT2D eigenvalue weighted by atomic mass is 32.2. The molecule has 92 valence electrons. The number of methoxy groups -OCH3 is 1. The van der Waals surface area contributed by atoms with Gasteiger partial charge in [0.25, 0.3) is 10.0 Å². The van der Waals surface area contributed by atoms with Gasteiger partial charge in [0.05, 0.1) is 7.11 Å². The van der Waals surface area contributed by atoms with Gasteiger partial charge in [0.15, 0.2) is 4.21 Å². The smallest absolute Gasteiger partial charge is 0.253 e. The van der Waals surface area contributed by atoms with Crippen LogP contribution in [0, 0.1) is 0 Å². The molecule has 7 heteroatoms. The minimum atomic E-state index is -3.44. The first-order valence-electron chi connectivity index (χ1n) is 4.93. The molecular formula is C9H16N2O3S2. The minimum absolute atomic E-state index is 0.228. The van der Waals surface area contributed by atoms with Crippen LogP contribution >= 0.6 is 11.3 Å². The molecule has 0 spiro atoms. The van der Waals surface area contributed by atoms with Crippen LogP contribution in [-0.2, 0) is 10.0 Å². The molecule has 0 unspecified atom stereocenters. The van der Waals surface area contributed by atoms with Crippen molar-refractivity contribution in [2.45, 2.75) is 11.1 Å². The average Bonchev–Trinajstić information content (AvgIpc) is 2.73. The molecule has 0 radical (unpaired) electrons. The zero-order chi connectivity index (χ0) is 12.0. The molecule has 0 fully saturated rings. The fourth-order valence-corrected chi connectivity index (χ4v) is 3.50. The molecule has 0 aliphatic rings. The average molecular weight is 264 g/mol. The quantitative estimate of drug-likeness (QED) is 0.709. The normalized spacial score (nSPS) is 11.6. The summed E-state index contributed by atoms with van der Waals surface area (Å²) < 4.78 is 31.4. The molecule has 0 bridgehead atoms. The maximum absolute atomic E-state index is 11.8. The standard InChI is InChI=1S/C9H16N2O3S2/c1-3-10-5-6-11-16(12,13)9-8(14-2)4-7-15-9/h4,7,10-11H,3,5-6H2,1-2H3. The highest BCUT2D eigenvalue weighted by molar-refractivity contribution is 7.91. The Morgan fingerprint density at radius 1 is 1.44 bits per heavy atom. The van der Waals surface area contributed by atoms with Crippen LogP contribution in [0.3, 0.4) is 0 Å². The third kappa shape index (κ3) is 3.44. The van der Waals surface area contributed by atoms with Crippen molar-refractivity contribution < 1.29 is 13.2 Å². The summed E-state index contributed by atoms with van der Waals surface area (Å²) >= 11 is 1.15. The summed E-state index contributed by atoms with van der Waals surface area (Å²) in [6.07, 6.45) is 0. The first kappa shape index (κ1) is 13.4. The zero-order valence-corrected chi connectivity index (χ0v) is 11.0. The summed E-state index contributed by atoms with van der Waals surface area (Å²) in [5, 5.41) is 4.73. The summed E-state index contributed by atoms with van der Waals surface area (Å²) in [5.74, 6) is 0.390. The predicted octanol–water partition coefficient (Wildman–Crippen LogP) is 0.644. The van der Waals surface area contributed by atoms with E-state index in [0.717, 1.165) is 17.9 Å². The maximum atomic E-state index is 11.8. The van der Waals surface area contributed by atoms with Gasteiger partial charge in [0, 0.05) is 13.1 Å². The van der Waals surface area contributed by atoms with Crippen molar-refractivity contribution in [1.82, 2.24) is 10.0 Å².